The first kappa shape index (κ1) is 14.4. The maximum absolute atomic E-state index is 5.49. The van der Waals surface area contributed by atoms with Crippen LogP contribution in [0.2, 0.25) is 0 Å². The summed E-state index contributed by atoms with van der Waals surface area (Å²) in [4.78, 5) is 2.49. The van der Waals surface area contributed by atoms with Crippen molar-refractivity contribution in [1.29, 1.82) is 0 Å². The standard InChI is InChI=1S/C16H26N2O/c1-4-19-16-9-7-14(8-10-16)13(2)18(3)15-6-5-11-17-12-15/h7-10,13,15,17H,4-6,11-12H2,1-3H3. The molecule has 1 N–H and O–H groups in total. The molecule has 1 aromatic rings. The van der Waals surface area contributed by atoms with E-state index in [9.17, 15) is 0 Å². The lowest BCUT2D eigenvalue weighted by Crippen LogP contribution is -2.45. The molecule has 0 amide bonds. The predicted molar refractivity (Wildman–Crippen MR) is 79.7 cm³/mol. The van der Waals surface area contributed by atoms with Gasteiger partial charge >= 0.3 is 0 Å². The third kappa shape index (κ3) is 3.71. The Bertz CT molecular complexity index is 371. The zero-order chi connectivity index (χ0) is 13.7. The molecule has 1 aliphatic heterocycles. The van der Waals surface area contributed by atoms with Gasteiger partial charge in [-0.25, -0.2) is 0 Å². The Hall–Kier alpha value is -1.06. The average Bonchev–Trinajstić information content (AvgIpc) is 2.48. The summed E-state index contributed by atoms with van der Waals surface area (Å²) in [5, 5.41) is 3.49. The van der Waals surface area contributed by atoms with Gasteiger partial charge in [0.25, 0.3) is 0 Å². The summed E-state index contributed by atoms with van der Waals surface area (Å²) >= 11 is 0. The molecule has 0 spiro atoms. The summed E-state index contributed by atoms with van der Waals surface area (Å²) in [5.41, 5.74) is 1.36. The SMILES string of the molecule is CCOc1ccc(C(C)N(C)C2CCCNC2)cc1. The molecule has 2 rings (SSSR count). The Labute approximate surface area is 116 Å². The third-order valence-electron chi connectivity index (χ3n) is 4.13. The van der Waals surface area contributed by atoms with E-state index < -0.39 is 0 Å². The molecule has 3 nitrogen and oxygen atoms in total. The van der Waals surface area contributed by atoms with Crippen molar-refractivity contribution < 1.29 is 4.74 Å². The van der Waals surface area contributed by atoms with Crippen molar-refractivity contribution in [3.63, 3.8) is 0 Å². The van der Waals surface area contributed by atoms with Crippen molar-refractivity contribution in [2.45, 2.75) is 38.8 Å². The van der Waals surface area contributed by atoms with Crippen molar-refractivity contribution in [3.8, 4) is 5.75 Å². The van der Waals surface area contributed by atoms with Gasteiger partial charge in [0, 0.05) is 18.6 Å². The molecule has 1 heterocycles. The second-order valence-corrected chi connectivity index (χ2v) is 5.34. The number of rotatable bonds is 5. The molecular weight excluding hydrogens is 236 g/mol. The highest BCUT2D eigenvalue weighted by Crippen LogP contribution is 2.25. The molecule has 1 aliphatic rings. The molecule has 0 bridgehead atoms. The number of hydrogen-bond donors (Lipinski definition) is 1. The molecule has 0 aromatic heterocycles. The van der Waals surface area contributed by atoms with Gasteiger partial charge in [-0.1, -0.05) is 12.1 Å². The molecular formula is C16H26N2O. The van der Waals surface area contributed by atoms with Gasteiger partial charge in [-0.15, -0.1) is 0 Å². The summed E-state index contributed by atoms with van der Waals surface area (Å²) in [6, 6.07) is 9.60. The summed E-state index contributed by atoms with van der Waals surface area (Å²) < 4.78 is 5.49. The molecule has 0 aliphatic carbocycles. The Balaban J connectivity index is 1.99. The van der Waals surface area contributed by atoms with Crippen LogP contribution in [-0.4, -0.2) is 37.7 Å². The van der Waals surface area contributed by atoms with Crippen molar-refractivity contribution >= 4 is 0 Å². The minimum absolute atomic E-state index is 0.445. The molecule has 1 saturated heterocycles. The average molecular weight is 262 g/mol. The van der Waals surface area contributed by atoms with Crippen LogP contribution >= 0.6 is 0 Å². The predicted octanol–water partition coefficient (Wildman–Crippen LogP) is 2.83. The van der Waals surface area contributed by atoms with E-state index >= 15 is 0 Å². The lowest BCUT2D eigenvalue weighted by atomic mass is 10.0. The molecule has 1 fully saturated rings. The van der Waals surface area contributed by atoms with Crippen LogP contribution in [0.4, 0.5) is 0 Å². The summed E-state index contributed by atoms with van der Waals surface area (Å²) in [6.07, 6.45) is 2.58. The number of piperidine rings is 1. The van der Waals surface area contributed by atoms with Crippen LogP contribution in [0.15, 0.2) is 24.3 Å². The van der Waals surface area contributed by atoms with E-state index in [1.165, 1.54) is 24.9 Å². The first-order valence-electron chi connectivity index (χ1n) is 7.37. The van der Waals surface area contributed by atoms with Crippen LogP contribution < -0.4 is 10.1 Å². The van der Waals surface area contributed by atoms with Crippen molar-refractivity contribution in [1.82, 2.24) is 10.2 Å². The second-order valence-electron chi connectivity index (χ2n) is 5.34. The fourth-order valence-electron chi connectivity index (χ4n) is 2.74. The number of nitrogens with zero attached hydrogens (tertiary/aromatic N) is 1. The topological polar surface area (TPSA) is 24.5 Å². The van der Waals surface area contributed by atoms with E-state index in [2.05, 4.69) is 48.5 Å². The Morgan fingerprint density at radius 3 is 2.68 bits per heavy atom. The summed E-state index contributed by atoms with van der Waals surface area (Å²) in [6.45, 7) is 7.30. The van der Waals surface area contributed by atoms with Crippen LogP contribution in [-0.2, 0) is 0 Å². The lowest BCUT2D eigenvalue weighted by molar-refractivity contribution is 0.156. The highest BCUT2D eigenvalue weighted by atomic mass is 16.5. The van der Waals surface area contributed by atoms with E-state index in [1.807, 2.05) is 6.92 Å². The quantitative estimate of drug-likeness (QED) is 0.883. The van der Waals surface area contributed by atoms with Crippen molar-refractivity contribution in [2.24, 2.45) is 0 Å². The fourth-order valence-corrected chi connectivity index (χ4v) is 2.74. The molecule has 0 radical (unpaired) electrons. The molecule has 2 atom stereocenters. The zero-order valence-electron chi connectivity index (χ0n) is 12.4. The van der Waals surface area contributed by atoms with E-state index in [4.69, 9.17) is 4.74 Å². The first-order chi connectivity index (χ1) is 9.22. The normalized spacial score (nSPS) is 21.4. The zero-order valence-corrected chi connectivity index (χ0v) is 12.4. The van der Waals surface area contributed by atoms with Gasteiger partial charge in [-0.2, -0.15) is 0 Å². The van der Waals surface area contributed by atoms with Gasteiger partial charge in [0.1, 0.15) is 5.75 Å². The molecule has 19 heavy (non-hydrogen) atoms. The van der Waals surface area contributed by atoms with Gasteiger partial charge in [-0.3, -0.25) is 4.90 Å². The van der Waals surface area contributed by atoms with Crippen LogP contribution in [0.5, 0.6) is 5.75 Å². The maximum atomic E-state index is 5.49. The van der Waals surface area contributed by atoms with Gasteiger partial charge in [0.15, 0.2) is 0 Å². The van der Waals surface area contributed by atoms with Crippen LogP contribution in [0.1, 0.15) is 38.3 Å². The van der Waals surface area contributed by atoms with Crippen LogP contribution in [0.25, 0.3) is 0 Å². The number of likely N-dealkylation sites (N-methyl/N-ethyl adjacent to an activating group) is 1. The van der Waals surface area contributed by atoms with Crippen molar-refractivity contribution in [3.05, 3.63) is 29.8 Å². The van der Waals surface area contributed by atoms with E-state index in [0.717, 1.165) is 18.9 Å². The Morgan fingerprint density at radius 1 is 1.37 bits per heavy atom. The number of hydrogen-bond acceptors (Lipinski definition) is 3. The summed E-state index contributed by atoms with van der Waals surface area (Å²) in [5.74, 6) is 0.959. The molecule has 2 unspecified atom stereocenters. The maximum Gasteiger partial charge on any atom is 0.119 e. The first-order valence-corrected chi connectivity index (χ1v) is 7.37. The molecule has 3 heteroatoms. The van der Waals surface area contributed by atoms with Gasteiger partial charge in [-0.05, 0) is 58.0 Å². The van der Waals surface area contributed by atoms with Gasteiger partial charge in [0.2, 0.25) is 0 Å². The monoisotopic (exact) mass is 262 g/mol. The number of benzene rings is 1. The minimum atomic E-state index is 0.445. The third-order valence-corrected chi connectivity index (χ3v) is 4.13. The number of ether oxygens (including phenoxy) is 1. The highest BCUT2D eigenvalue weighted by molar-refractivity contribution is 5.29. The van der Waals surface area contributed by atoms with Crippen LogP contribution in [0, 0.1) is 0 Å². The second kappa shape index (κ2) is 6.92. The van der Waals surface area contributed by atoms with E-state index in [1.54, 1.807) is 0 Å². The molecule has 1 aromatic carbocycles. The van der Waals surface area contributed by atoms with E-state index in [0.29, 0.717) is 12.1 Å². The lowest BCUT2D eigenvalue weighted by Gasteiger charge is -2.36. The molecule has 106 valence electrons. The van der Waals surface area contributed by atoms with Gasteiger partial charge < -0.3 is 10.1 Å². The van der Waals surface area contributed by atoms with Crippen LogP contribution in [0.3, 0.4) is 0 Å². The summed E-state index contributed by atoms with van der Waals surface area (Å²) in [7, 11) is 2.23. The molecule has 0 saturated carbocycles. The minimum Gasteiger partial charge on any atom is -0.494 e. The van der Waals surface area contributed by atoms with Gasteiger partial charge in [0.05, 0.1) is 6.61 Å². The number of nitrogens with one attached hydrogen (secondary N) is 1. The van der Waals surface area contributed by atoms with Crippen molar-refractivity contribution in [2.75, 3.05) is 26.7 Å². The Morgan fingerprint density at radius 2 is 2.11 bits per heavy atom. The van der Waals surface area contributed by atoms with E-state index in [-0.39, 0.29) is 0 Å². The Kier molecular flexibility index (Phi) is 5.23. The fraction of sp³-hybridized carbons (Fsp3) is 0.625. The largest absolute Gasteiger partial charge is 0.494 e. The smallest absolute Gasteiger partial charge is 0.119 e. The highest BCUT2D eigenvalue weighted by Gasteiger charge is 2.22.